The molecule has 1 unspecified atom stereocenters. The van der Waals surface area contributed by atoms with E-state index < -0.39 is 11.7 Å². The van der Waals surface area contributed by atoms with Crippen LogP contribution in [0.3, 0.4) is 0 Å². The molecule has 1 fully saturated rings. The molecule has 1 N–H and O–H groups in total. The van der Waals surface area contributed by atoms with Crippen molar-refractivity contribution >= 4 is 11.7 Å². The molecule has 0 radical (unpaired) electrons. The zero-order valence-electron chi connectivity index (χ0n) is 10.4. The van der Waals surface area contributed by atoms with Crippen molar-refractivity contribution in [2.45, 2.75) is 25.1 Å². The average Bonchev–Trinajstić information content (AvgIpc) is 2.33. The first-order chi connectivity index (χ1) is 8.86. The standard InChI is InChI=1S/C12H14F3N3O/c1-18-7-9(3-5-11(18)19)17-10-4-2-8(6-16-10)12(13,14)15/h2,4,6,9H,3,5,7H2,1H3,(H,16,17). The molecule has 4 nitrogen and oxygen atoms in total. The predicted octanol–water partition coefficient (Wildman–Crippen LogP) is 2.13. The van der Waals surface area contributed by atoms with Crippen LogP contribution >= 0.6 is 0 Å². The Hall–Kier alpha value is -1.79. The van der Waals surface area contributed by atoms with Crippen molar-refractivity contribution in [3.8, 4) is 0 Å². The number of anilines is 1. The van der Waals surface area contributed by atoms with Gasteiger partial charge in [-0.2, -0.15) is 13.2 Å². The van der Waals surface area contributed by atoms with Crippen molar-refractivity contribution in [1.29, 1.82) is 0 Å². The highest BCUT2D eigenvalue weighted by atomic mass is 19.4. The van der Waals surface area contributed by atoms with Gasteiger partial charge in [-0.15, -0.1) is 0 Å². The van der Waals surface area contributed by atoms with E-state index in [-0.39, 0.29) is 11.9 Å². The smallest absolute Gasteiger partial charge is 0.366 e. The Labute approximate surface area is 108 Å². The number of nitrogens with one attached hydrogen (secondary N) is 1. The summed E-state index contributed by atoms with van der Waals surface area (Å²) in [6, 6.07) is 2.32. The van der Waals surface area contributed by atoms with Gasteiger partial charge in [0.15, 0.2) is 0 Å². The van der Waals surface area contributed by atoms with Crippen LogP contribution in [0.4, 0.5) is 19.0 Å². The molecule has 1 aromatic heterocycles. The number of rotatable bonds is 2. The first kappa shape index (κ1) is 13.6. The predicted molar refractivity (Wildman–Crippen MR) is 63.5 cm³/mol. The molecule has 0 bridgehead atoms. The van der Waals surface area contributed by atoms with E-state index >= 15 is 0 Å². The zero-order valence-corrected chi connectivity index (χ0v) is 10.4. The maximum Gasteiger partial charge on any atom is 0.417 e. The van der Waals surface area contributed by atoms with Gasteiger partial charge in [0, 0.05) is 32.3 Å². The number of hydrogen-bond acceptors (Lipinski definition) is 3. The number of alkyl halides is 3. The number of nitrogens with zero attached hydrogens (tertiary/aromatic N) is 2. The maximum atomic E-state index is 12.4. The molecule has 104 valence electrons. The van der Waals surface area contributed by atoms with Gasteiger partial charge < -0.3 is 10.2 Å². The monoisotopic (exact) mass is 273 g/mol. The van der Waals surface area contributed by atoms with Gasteiger partial charge in [-0.1, -0.05) is 0 Å². The van der Waals surface area contributed by atoms with E-state index in [9.17, 15) is 18.0 Å². The normalized spacial score (nSPS) is 20.5. The molecule has 1 amide bonds. The Balaban J connectivity index is 1.98. The third-order valence-electron chi connectivity index (χ3n) is 3.07. The van der Waals surface area contributed by atoms with Crippen molar-refractivity contribution in [1.82, 2.24) is 9.88 Å². The Morgan fingerprint density at radius 2 is 2.16 bits per heavy atom. The molecule has 7 heteroatoms. The fraction of sp³-hybridized carbons (Fsp3) is 0.500. The van der Waals surface area contributed by atoms with Gasteiger partial charge in [0.1, 0.15) is 5.82 Å². The van der Waals surface area contributed by atoms with Gasteiger partial charge in [-0.25, -0.2) is 4.98 Å². The van der Waals surface area contributed by atoms with Crippen LogP contribution in [0.2, 0.25) is 0 Å². The van der Waals surface area contributed by atoms with Crippen LogP contribution in [0.15, 0.2) is 18.3 Å². The van der Waals surface area contributed by atoms with Crippen molar-refractivity contribution in [3.63, 3.8) is 0 Å². The summed E-state index contributed by atoms with van der Waals surface area (Å²) in [5.41, 5.74) is -0.769. The highest BCUT2D eigenvalue weighted by Crippen LogP contribution is 2.29. The van der Waals surface area contributed by atoms with Crippen molar-refractivity contribution in [2.75, 3.05) is 18.9 Å². The number of amides is 1. The van der Waals surface area contributed by atoms with E-state index in [1.54, 1.807) is 11.9 Å². The molecule has 1 aliphatic rings. The average molecular weight is 273 g/mol. The fourth-order valence-corrected chi connectivity index (χ4v) is 1.99. The third-order valence-corrected chi connectivity index (χ3v) is 3.07. The molecule has 0 spiro atoms. The van der Waals surface area contributed by atoms with Crippen LogP contribution in [0.1, 0.15) is 18.4 Å². The molecule has 1 aliphatic heterocycles. The number of hydrogen-bond donors (Lipinski definition) is 1. The molecule has 2 rings (SSSR count). The van der Waals surface area contributed by atoms with Gasteiger partial charge in [0.25, 0.3) is 0 Å². The number of pyridine rings is 1. The first-order valence-corrected chi connectivity index (χ1v) is 5.90. The highest BCUT2D eigenvalue weighted by Gasteiger charge is 2.30. The number of carbonyl (C=O) groups is 1. The number of piperidine rings is 1. The van der Waals surface area contributed by atoms with Gasteiger partial charge in [0.05, 0.1) is 5.56 Å². The topological polar surface area (TPSA) is 45.2 Å². The van der Waals surface area contributed by atoms with E-state index in [2.05, 4.69) is 10.3 Å². The second-order valence-electron chi connectivity index (χ2n) is 4.58. The summed E-state index contributed by atoms with van der Waals surface area (Å²) in [6.45, 7) is 0.529. The fourth-order valence-electron chi connectivity index (χ4n) is 1.99. The molecular formula is C12H14F3N3O. The highest BCUT2D eigenvalue weighted by molar-refractivity contribution is 5.77. The summed E-state index contributed by atoms with van der Waals surface area (Å²) in [6.07, 6.45) is -2.47. The van der Waals surface area contributed by atoms with E-state index in [0.717, 1.165) is 12.3 Å². The lowest BCUT2D eigenvalue weighted by molar-refractivity contribution is -0.137. The van der Waals surface area contributed by atoms with Crippen LogP contribution in [-0.4, -0.2) is 35.4 Å². The summed E-state index contributed by atoms with van der Waals surface area (Å²) in [5.74, 6) is 0.471. The Morgan fingerprint density at radius 3 is 2.68 bits per heavy atom. The van der Waals surface area contributed by atoms with Crippen molar-refractivity contribution in [2.24, 2.45) is 0 Å². The van der Waals surface area contributed by atoms with Gasteiger partial charge in [0.2, 0.25) is 5.91 Å². The van der Waals surface area contributed by atoms with Crippen LogP contribution < -0.4 is 5.32 Å². The summed E-state index contributed by atoms with van der Waals surface area (Å²) in [7, 11) is 1.70. The number of aromatic nitrogens is 1. The van der Waals surface area contributed by atoms with E-state index in [0.29, 0.717) is 25.2 Å². The lowest BCUT2D eigenvalue weighted by Gasteiger charge is -2.30. The van der Waals surface area contributed by atoms with E-state index in [1.807, 2.05) is 0 Å². The lowest BCUT2D eigenvalue weighted by atomic mass is 10.1. The maximum absolute atomic E-state index is 12.4. The van der Waals surface area contributed by atoms with Gasteiger partial charge in [-0.3, -0.25) is 4.79 Å². The van der Waals surface area contributed by atoms with Crippen LogP contribution in [0, 0.1) is 0 Å². The molecule has 1 aromatic rings. The number of likely N-dealkylation sites (N-methyl/N-ethyl adjacent to an activating group) is 1. The summed E-state index contributed by atoms with van der Waals surface area (Å²) in [5, 5.41) is 3.04. The Kier molecular flexibility index (Phi) is 3.64. The lowest BCUT2D eigenvalue weighted by Crippen LogP contribution is -2.43. The summed E-state index contributed by atoms with van der Waals surface area (Å²) < 4.78 is 37.1. The second-order valence-corrected chi connectivity index (χ2v) is 4.58. The molecular weight excluding hydrogens is 259 g/mol. The van der Waals surface area contributed by atoms with Crippen LogP contribution in [0.5, 0.6) is 0 Å². The first-order valence-electron chi connectivity index (χ1n) is 5.90. The molecule has 0 saturated carbocycles. The van der Waals surface area contributed by atoms with E-state index in [4.69, 9.17) is 0 Å². The SMILES string of the molecule is CN1CC(Nc2ccc(C(F)(F)F)cn2)CCC1=O. The quantitative estimate of drug-likeness (QED) is 0.898. The molecule has 19 heavy (non-hydrogen) atoms. The Morgan fingerprint density at radius 1 is 1.42 bits per heavy atom. The van der Waals surface area contributed by atoms with Gasteiger partial charge >= 0.3 is 6.18 Å². The van der Waals surface area contributed by atoms with Crippen LogP contribution in [0.25, 0.3) is 0 Å². The number of halogens is 3. The van der Waals surface area contributed by atoms with E-state index in [1.165, 1.54) is 6.07 Å². The minimum atomic E-state index is -4.37. The zero-order chi connectivity index (χ0) is 14.0. The molecule has 1 saturated heterocycles. The largest absolute Gasteiger partial charge is 0.417 e. The molecule has 2 heterocycles. The number of carbonyl (C=O) groups excluding carboxylic acids is 1. The molecule has 0 aromatic carbocycles. The molecule has 1 atom stereocenters. The molecule has 0 aliphatic carbocycles. The van der Waals surface area contributed by atoms with Gasteiger partial charge in [-0.05, 0) is 18.6 Å². The van der Waals surface area contributed by atoms with Crippen molar-refractivity contribution in [3.05, 3.63) is 23.9 Å². The second kappa shape index (κ2) is 5.07. The minimum Gasteiger partial charge on any atom is -0.366 e. The summed E-state index contributed by atoms with van der Waals surface area (Å²) >= 11 is 0. The minimum absolute atomic E-state index is 0.0203. The third kappa shape index (κ3) is 3.36. The summed E-state index contributed by atoms with van der Waals surface area (Å²) in [4.78, 5) is 16.7. The Bertz CT molecular complexity index is 458. The van der Waals surface area contributed by atoms with Crippen molar-refractivity contribution < 1.29 is 18.0 Å². The number of likely N-dealkylation sites (tertiary alicyclic amines) is 1. The van der Waals surface area contributed by atoms with Crippen LogP contribution in [-0.2, 0) is 11.0 Å².